The Hall–Kier alpha value is -3.42. The first-order valence-electron chi connectivity index (χ1n) is 6.90. The average molecular weight is 306 g/mol. The number of hydrazone groups is 1. The summed E-state index contributed by atoms with van der Waals surface area (Å²) in [6, 6.07) is 9.64. The van der Waals surface area contributed by atoms with Crippen molar-refractivity contribution in [3.05, 3.63) is 59.2 Å². The van der Waals surface area contributed by atoms with Gasteiger partial charge in [-0.05, 0) is 22.1 Å². The summed E-state index contributed by atoms with van der Waals surface area (Å²) in [6.07, 6.45) is 3.77. The largest absolute Gasteiger partial charge is 0.287 e. The second-order valence-corrected chi connectivity index (χ2v) is 5.05. The van der Waals surface area contributed by atoms with Gasteiger partial charge in [-0.1, -0.05) is 41.5 Å². The normalized spacial score (nSPS) is 16.9. The summed E-state index contributed by atoms with van der Waals surface area (Å²) >= 11 is 0. The van der Waals surface area contributed by atoms with Crippen LogP contribution in [0.25, 0.3) is 0 Å². The summed E-state index contributed by atoms with van der Waals surface area (Å²) < 4.78 is 0. The lowest BCUT2D eigenvalue weighted by molar-refractivity contribution is -0.114. The van der Waals surface area contributed by atoms with Crippen LogP contribution in [0.5, 0.6) is 0 Å². The topological polar surface area (TPSA) is 104 Å². The predicted molar refractivity (Wildman–Crippen MR) is 80.4 cm³/mol. The van der Waals surface area contributed by atoms with Gasteiger partial charge < -0.3 is 0 Å². The highest BCUT2D eigenvalue weighted by atomic mass is 16.2. The number of carbonyl (C=O) groups excluding carboxylic acids is 2. The van der Waals surface area contributed by atoms with Crippen molar-refractivity contribution in [2.24, 2.45) is 5.10 Å². The van der Waals surface area contributed by atoms with Crippen LogP contribution in [0.3, 0.4) is 0 Å². The molecule has 0 radical (unpaired) electrons. The first-order chi connectivity index (χ1) is 11.2. The smallest absolute Gasteiger partial charge is 0.283 e. The number of hydrogen-bond acceptors (Lipinski definition) is 6. The van der Waals surface area contributed by atoms with Gasteiger partial charge in [-0.2, -0.15) is 10.1 Å². The number of H-pyrrole nitrogens is 1. The number of fused-ring (bicyclic) bond motifs is 1. The van der Waals surface area contributed by atoms with Crippen LogP contribution in [0.4, 0.5) is 5.95 Å². The van der Waals surface area contributed by atoms with E-state index in [-0.39, 0.29) is 23.0 Å². The van der Waals surface area contributed by atoms with Gasteiger partial charge in [-0.15, -0.1) is 0 Å². The summed E-state index contributed by atoms with van der Waals surface area (Å²) in [7, 11) is 0. The monoisotopic (exact) mass is 306 g/mol. The lowest BCUT2D eigenvalue weighted by atomic mass is 9.91. The van der Waals surface area contributed by atoms with E-state index in [1.54, 1.807) is 12.2 Å². The molecule has 0 saturated carbocycles. The van der Waals surface area contributed by atoms with Crippen molar-refractivity contribution in [2.75, 3.05) is 5.01 Å². The van der Waals surface area contributed by atoms with E-state index in [1.807, 2.05) is 30.3 Å². The molecule has 112 valence electrons. The van der Waals surface area contributed by atoms with Crippen molar-refractivity contribution in [1.82, 2.24) is 20.6 Å². The van der Waals surface area contributed by atoms with E-state index in [9.17, 15) is 9.59 Å². The van der Waals surface area contributed by atoms with Gasteiger partial charge in [0, 0.05) is 12.0 Å². The number of ketones is 1. The van der Waals surface area contributed by atoms with E-state index < -0.39 is 5.91 Å². The minimum atomic E-state index is -0.429. The molecule has 1 aliphatic heterocycles. The van der Waals surface area contributed by atoms with Crippen LogP contribution in [0, 0.1) is 0 Å². The summed E-state index contributed by atoms with van der Waals surface area (Å²) in [5, 5.41) is 18.0. The number of nitrogens with zero attached hydrogens (tertiary/aromatic N) is 5. The Labute approximate surface area is 130 Å². The molecule has 1 aromatic heterocycles. The number of anilines is 1. The summed E-state index contributed by atoms with van der Waals surface area (Å²) in [6.45, 7) is 0. The van der Waals surface area contributed by atoms with Crippen LogP contribution in [0.15, 0.2) is 58.7 Å². The zero-order valence-corrected chi connectivity index (χ0v) is 11.8. The number of tetrazole rings is 1. The molecule has 0 atom stereocenters. The third-order valence-corrected chi connectivity index (χ3v) is 3.61. The molecule has 2 heterocycles. The maximum Gasteiger partial charge on any atom is 0.283 e. The van der Waals surface area contributed by atoms with Crippen LogP contribution in [-0.4, -0.2) is 38.0 Å². The standard InChI is InChI=1S/C15H10N6O2/c22-13-10(8-9-4-2-1-3-5-9)6-7-11-12(13)18-21(14(11)23)15-16-19-20-17-15/h1-7H,8H2,(H,16,17,19,20). The Kier molecular flexibility index (Phi) is 2.94. The Bertz CT molecular complexity index is 880. The van der Waals surface area contributed by atoms with Crippen LogP contribution >= 0.6 is 0 Å². The van der Waals surface area contributed by atoms with Gasteiger partial charge in [0.15, 0.2) is 0 Å². The van der Waals surface area contributed by atoms with Gasteiger partial charge in [0.2, 0.25) is 5.78 Å². The number of Topliss-reactive ketones (excluding diaryl/α,β-unsaturated/α-hetero) is 1. The third kappa shape index (κ3) is 2.16. The van der Waals surface area contributed by atoms with Gasteiger partial charge >= 0.3 is 0 Å². The molecule has 0 unspecified atom stereocenters. The number of hydrogen-bond donors (Lipinski definition) is 1. The summed E-state index contributed by atoms with van der Waals surface area (Å²) in [5.74, 6) is -0.605. The SMILES string of the molecule is O=C1C(Cc2ccccc2)=CC=C2C(=O)N(c3nnn[nH]3)N=C12. The van der Waals surface area contributed by atoms with Crippen molar-refractivity contribution in [2.45, 2.75) is 6.42 Å². The van der Waals surface area contributed by atoms with Gasteiger partial charge in [0.05, 0.1) is 5.57 Å². The van der Waals surface area contributed by atoms with Crippen molar-refractivity contribution in [1.29, 1.82) is 0 Å². The number of rotatable bonds is 3. The van der Waals surface area contributed by atoms with E-state index >= 15 is 0 Å². The molecule has 23 heavy (non-hydrogen) atoms. The highest BCUT2D eigenvalue weighted by Gasteiger charge is 2.38. The summed E-state index contributed by atoms with van der Waals surface area (Å²) in [4.78, 5) is 24.9. The minimum absolute atomic E-state index is 0.0789. The molecule has 1 aliphatic carbocycles. The molecule has 0 saturated heterocycles. The predicted octanol–water partition coefficient (Wildman–Crippen LogP) is 0.580. The number of allylic oxidation sites excluding steroid dienone is 3. The Morgan fingerprint density at radius 3 is 2.65 bits per heavy atom. The highest BCUT2D eigenvalue weighted by molar-refractivity contribution is 6.59. The highest BCUT2D eigenvalue weighted by Crippen LogP contribution is 2.25. The molecular formula is C15H10N6O2. The molecule has 8 heteroatoms. The number of aromatic amines is 1. The quantitative estimate of drug-likeness (QED) is 0.835. The molecular weight excluding hydrogens is 296 g/mol. The zero-order valence-electron chi connectivity index (χ0n) is 11.8. The maximum absolute atomic E-state index is 12.6. The van der Waals surface area contributed by atoms with E-state index in [2.05, 4.69) is 25.7 Å². The first-order valence-corrected chi connectivity index (χ1v) is 6.90. The molecule has 0 fully saturated rings. The lowest BCUT2D eigenvalue weighted by Gasteiger charge is -2.10. The average Bonchev–Trinajstić information content (AvgIpc) is 3.20. The number of benzene rings is 1. The fourth-order valence-electron chi connectivity index (χ4n) is 2.49. The Morgan fingerprint density at radius 2 is 1.91 bits per heavy atom. The second kappa shape index (κ2) is 5.09. The Balaban J connectivity index is 1.66. The first kappa shape index (κ1) is 13.3. The minimum Gasteiger partial charge on any atom is -0.287 e. The molecule has 1 aromatic carbocycles. The molecule has 1 amide bonds. The second-order valence-electron chi connectivity index (χ2n) is 5.05. The fraction of sp³-hybridized carbons (Fsp3) is 0.0667. The fourth-order valence-corrected chi connectivity index (χ4v) is 2.49. The molecule has 0 spiro atoms. The number of aromatic nitrogens is 4. The number of carbonyl (C=O) groups is 2. The van der Waals surface area contributed by atoms with Crippen LogP contribution in [0.1, 0.15) is 5.56 Å². The van der Waals surface area contributed by atoms with Gasteiger partial charge in [-0.25, -0.2) is 5.10 Å². The molecule has 4 rings (SSSR count). The van der Waals surface area contributed by atoms with Crippen LogP contribution in [-0.2, 0) is 16.0 Å². The van der Waals surface area contributed by atoms with E-state index in [4.69, 9.17) is 0 Å². The van der Waals surface area contributed by atoms with Gasteiger partial charge in [0.25, 0.3) is 11.9 Å². The summed E-state index contributed by atoms with van der Waals surface area (Å²) in [5.41, 5.74) is 1.98. The molecule has 1 N–H and O–H groups in total. The molecule has 8 nitrogen and oxygen atoms in total. The van der Waals surface area contributed by atoms with Crippen molar-refractivity contribution < 1.29 is 9.59 Å². The van der Waals surface area contributed by atoms with E-state index in [0.717, 1.165) is 10.6 Å². The van der Waals surface area contributed by atoms with Gasteiger partial charge in [0.1, 0.15) is 5.71 Å². The Morgan fingerprint density at radius 1 is 1.09 bits per heavy atom. The van der Waals surface area contributed by atoms with Crippen molar-refractivity contribution in [3.63, 3.8) is 0 Å². The zero-order chi connectivity index (χ0) is 15.8. The lowest BCUT2D eigenvalue weighted by Crippen LogP contribution is -2.25. The van der Waals surface area contributed by atoms with E-state index in [1.165, 1.54) is 0 Å². The van der Waals surface area contributed by atoms with Gasteiger partial charge in [-0.3, -0.25) is 9.59 Å². The number of amides is 1. The van der Waals surface area contributed by atoms with E-state index in [0.29, 0.717) is 12.0 Å². The molecule has 2 aliphatic rings. The molecule has 0 bridgehead atoms. The molecule has 2 aromatic rings. The van der Waals surface area contributed by atoms with Crippen molar-refractivity contribution >= 4 is 23.4 Å². The van der Waals surface area contributed by atoms with Crippen LogP contribution < -0.4 is 5.01 Å². The number of nitrogens with one attached hydrogen (secondary N) is 1. The maximum atomic E-state index is 12.6. The third-order valence-electron chi connectivity index (χ3n) is 3.61. The van der Waals surface area contributed by atoms with Crippen LogP contribution in [0.2, 0.25) is 0 Å². The van der Waals surface area contributed by atoms with Crippen molar-refractivity contribution in [3.8, 4) is 0 Å².